The topological polar surface area (TPSA) is 63.2 Å². The third-order valence-electron chi connectivity index (χ3n) is 2.94. The SMILES string of the molecule is Cc1nc(CNC(=O)CC2COCCN2)sc1C. The number of nitrogens with zero attached hydrogens (tertiary/aromatic N) is 1. The van der Waals surface area contributed by atoms with Crippen LogP contribution in [-0.4, -0.2) is 36.7 Å². The fourth-order valence-electron chi connectivity index (χ4n) is 1.84. The van der Waals surface area contributed by atoms with Crippen LogP contribution in [-0.2, 0) is 16.1 Å². The van der Waals surface area contributed by atoms with Gasteiger partial charge in [-0.25, -0.2) is 4.98 Å². The van der Waals surface area contributed by atoms with Crippen molar-refractivity contribution in [2.75, 3.05) is 19.8 Å². The third-order valence-corrected chi connectivity index (χ3v) is 4.01. The number of hydrogen-bond acceptors (Lipinski definition) is 5. The standard InChI is InChI=1S/C12H19N3O2S/c1-8-9(2)18-12(15-8)6-14-11(16)5-10-7-17-4-3-13-10/h10,13H,3-7H2,1-2H3,(H,14,16). The average molecular weight is 269 g/mol. The number of morpholine rings is 1. The summed E-state index contributed by atoms with van der Waals surface area (Å²) in [5, 5.41) is 7.13. The van der Waals surface area contributed by atoms with E-state index in [9.17, 15) is 4.79 Å². The first-order valence-electron chi connectivity index (χ1n) is 6.16. The van der Waals surface area contributed by atoms with Crippen molar-refractivity contribution in [3.63, 3.8) is 0 Å². The van der Waals surface area contributed by atoms with Crippen molar-refractivity contribution in [2.24, 2.45) is 0 Å². The minimum atomic E-state index is 0.0449. The summed E-state index contributed by atoms with van der Waals surface area (Å²) >= 11 is 1.64. The molecule has 6 heteroatoms. The van der Waals surface area contributed by atoms with E-state index in [0.717, 1.165) is 23.9 Å². The molecule has 18 heavy (non-hydrogen) atoms. The predicted molar refractivity (Wildman–Crippen MR) is 70.7 cm³/mol. The monoisotopic (exact) mass is 269 g/mol. The minimum Gasteiger partial charge on any atom is -0.378 e. The Balaban J connectivity index is 1.74. The molecule has 1 aromatic rings. The molecule has 1 atom stereocenters. The second-order valence-electron chi connectivity index (χ2n) is 4.46. The summed E-state index contributed by atoms with van der Waals surface area (Å²) in [5.74, 6) is 0.0449. The van der Waals surface area contributed by atoms with Crippen molar-refractivity contribution in [1.82, 2.24) is 15.6 Å². The zero-order valence-corrected chi connectivity index (χ0v) is 11.6. The van der Waals surface area contributed by atoms with E-state index in [1.54, 1.807) is 11.3 Å². The zero-order valence-electron chi connectivity index (χ0n) is 10.8. The van der Waals surface area contributed by atoms with E-state index >= 15 is 0 Å². The molecule has 1 fully saturated rings. The highest BCUT2D eigenvalue weighted by Gasteiger charge is 2.16. The van der Waals surface area contributed by atoms with E-state index in [1.807, 2.05) is 13.8 Å². The van der Waals surface area contributed by atoms with Crippen LogP contribution in [0, 0.1) is 13.8 Å². The van der Waals surface area contributed by atoms with E-state index in [-0.39, 0.29) is 11.9 Å². The maximum Gasteiger partial charge on any atom is 0.222 e. The highest BCUT2D eigenvalue weighted by atomic mass is 32.1. The van der Waals surface area contributed by atoms with E-state index in [2.05, 4.69) is 15.6 Å². The van der Waals surface area contributed by atoms with Gasteiger partial charge >= 0.3 is 0 Å². The molecule has 1 amide bonds. The normalized spacial score (nSPS) is 19.8. The van der Waals surface area contributed by atoms with Gasteiger partial charge in [0.05, 0.1) is 25.5 Å². The number of aromatic nitrogens is 1. The summed E-state index contributed by atoms with van der Waals surface area (Å²) in [4.78, 5) is 17.3. The number of aryl methyl sites for hydroxylation is 2. The van der Waals surface area contributed by atoms with Crippen molar-refractivity contribution in [1.29, 1.82) is 0 Å². The van der Waals surface area contributed by atoms with Gasteiger partial charge in [0, 0.05) is 23.9 Å². The van der Waals surface area contributed by atoms with Gasteiger partial charge in [-0.05, 0) is 13.8 Å². The molecule has 0 aliphatic carbocycles. The first-order chi connectivity index (χ1) is 8.65. The van der Waals surface area contributed by atoms with Gasteiger partial charge < -0.3 is 15.4 Å². The van der Waals surface area contributed by atoms with E-state index in [4.69, 9.17) is 4.74 Å². The lowest BCUT2D eigenvalue weighted by molar-refractivity contribution is -0.122. The Morgan fingerprint density at radius 1 is 1.61 bits per heavy atom. The van der Waals surface area contributed by atoms with Gasteiger partial charge in [-0.2, -0.15) is 0 Å². The van der Waals surface area contributed by atoms with Gasteiger partial charge in [0.2, 0.25) is 5.91 Å². The predicted octanol–water partition coefficient (Wildman–Crippen LogP) is 0.755. The molecule has 0 spiro atoms. The number of nitrogens with one attached hydrogen (secondary N) is 2. The molecule has 1 aliphatic heterocycles. The lowest BCUT2D eigenvalue weighted by Gasteiger charge is -2.23. The Morgan fingerprint density at radius 2 is 2.44 bits per heavy atom. The Bertz CT molecular complexity index is 394. The van der Waals surface area contributed by atoms with Gasteiger partial charge in [-0.3, -0.25) is 4.79 Å². The molecule has 2 heterocycles. The summed E-state index contributed by atoms with van der Waals surface area (Å²) in [7, 11) is 0. The van der Waals surface area contributed by atoms with Gasteiger partial charge in [0.1, 0.15) is 5.01 Å². The van der Waals surface area contributed by atoms with Crippen LogP contribution in [0.15, 0.2) is 0 Å². The molecule has 0 bridgehead atoms. The van der Waals surface area contributed by atoms with E-state index < -0.39 is 0 Å². The molecule has 0 aromatic carbocycles. The van der Waals surface area contributed by atoms with Crippen LogP contribution in [0.3, 0.4) is 0 Å². The van der Waals surface area contributed by atoms with Gasteiger partial charge in [0.25, 0.3) is 0 Å². The Hall–Kier alpha value is -0.980. The van der Waals surface area contributed by atoms with Crippen LogP contribution in [0.5, 0.6) is 0 Å². The average Bonchev–Trinajstić information content (AvgIpc) is 2.68. The number of carbonyl (C=O) groups is 1. The smallest absolute Gasteiger partial charge is 0.222 e. The fourth-order valence-corrected chi connectivity index (χ4v) is 2.71. The molecular weight excluding hydrogens is 250 g/mol. The summed E-state index contributed by atoms with van der Waals surface area (Å²) in [6.07, 6.45) is 0.462. The van der Waals surface area contributed by atoms with Crippen molar-refractivity contribution in [3.8, 4) is 0 Å². The molecule has 0 radical (unpaired) electrons. The lowest BCUT2D eigenvalue weighted by Crippen LogP contribution is -2.44. The van der Waals surface area contributed by atoms with Crippen LogP contribution < -0.4 is 10.6 Å². The molecule has 2 rings (SSSR count). The van der Waals surface area contributed by atoms with Crippen molar-refractivity contribution >= 4 is 17.2 Å². The number of hydrogen-bond donors (Lipinski definition) is 2. The minimum absolute atomic E-state index is 0.0449. The van der Waals surface area contributed by atoms with Crippen molar-refractivity contribution in [3.05, 3.63) is 15.6 Å². The van der Waals surface area contributed by atoms with E-state index in [1.165, 1.54) is 4.88 Å². The number of thiazole rings is 1. The largest absolute Gasteiger partial charge is 0.378 e. The molecule has 1 aromatic heterocycles. The highest BCUT2D eigenvalue weighted by Crippen LogP contribution is 2.15. The Kier molecular flexibility index (Phi) is 4.68. The Labute approximate surface area is 111 Å². The second kappa shape index (κ2) is 6.26. The second-order valence-corrected chi connectivity index (χ2v) is 5.74. The lowest BCUT2D eigenvalue weighted by atomic mass is 10.2. The van der Waals surface area contributed by atoms with Gasteiger partial charge in [0.15, 0.2) is 0 Å². The maximum absolute atomic E-state index is 11.7. The molecule has 1 unspecified atom stereocenters. The summed E-state index contributed by atoms with van der Waals surface area (Å²) in [6, 6.07) is 0.138. The maximum atomic E-state index is 11.7. The van der Waals surface area contributed by atoms with Gasteiger partial charge in [-0.15, -0.1) is 11.3 Å². The first-order valence-corrected chi connectivity index (χ1v) is 6.97. The molecule has 2 N–H and O–H groups in total. The quantitative estimate of drug-likeness (QED) is 0.847. The number of carbonyl (C=O) groups excluding carboxylic acids is 1. The molecule has 1 aliphatic rings. The number of rotatable bonds is 4. The van der Waals surface area contributed by atoms with Crippen LogP contribution in [0.2, 0.25) is 0 Å². The van der Waals surface area contributed by atoms with Crippen LogP contribution in [0.4, 0.5) is 0 Å². The molecule has 5 nitrogen and oxygen atoms in total. The molecule has 100 valence electrons. The van der Waals surface area contributed by atoms with Crippen LogP contribution in [0.25, 0.3) is 0 Å². The van der Waals surface area contributed by atoms with Crippen molar-refractivity contribution in [2.45, 2.75) is 32.9 Å². The Morgan fingerprint density at radius 3 is 3.06 bits per heavy atom. The number of amides is 1. The summed E-state index contributed by atoms with van der Waals surface area (Å²) in [6.45, 7) is 6.72. The first kappa shape index (κ1) is 13.5. The zero-order chi connectivity index (χ0) is 13.0. The van der Waals surface area contributed by atoms with Crippen LogP contribution in [0.1, 0.15) is 22.0 Å². The van der Waals surface area contributed by atoms with Crippen LogP contribution >= 0.6 is 11.3 Å². The highest BCUT2D eigenvalue weighted by molar-refractivity contribution is 7.11. The number of ether oxygens (including phenoxy) is 1. The molecule has 1 saturated heterocycles. The van der Waals surface area contributed by atoms with E-state index in [0.29, 0.717) is 19.6 Å². The third kappa shape index (κ3) is 3.76. The molecular formula is C12H19N3O2S. The summed E-state index contributed by atoms with van der Waals surface area (Å²) < 4.78 is 5.31. The summed E-state index contributed by atoms with van der Waals surface area (Å²) in [5.41, 5.74) is 1.05. The van der Waals surface area contributed by atoms with Crippen molar-refractivity contribution < 1.29 is 9.53 Å². The van der Waals surface area contributed by atoms with Gasteiger partial charge in [-0.1, -0.05) is 0 Å². The molecule has 0 saturated carbocycles. The fraction of sp³-hybridized carbons (Fsp3) is 0.667.